The van der Waals surface area contributed by atoms with Crippen molar-refractivity contribution in [3.63, 3.8) is 0 Å². The van der Waals surface area contributed by atoms with E-state index in [1.165, 1.54) is 6.07 Å². The summed E-state index contributed by atoms with van der Waals surface area (Å²) in [6.45, 7) is 1.63. The maximum absolute atomic E-state index is 13.2. The monoisotopic (exact) mass is 208 g/mol. The molecule has 0 aliphatic heterocycles. The molecule has 1 amide bonds. The number of anilines is 1. The van der Waals surface area contributed by atoms with E-state index >= 15 is 0 Å². The molecule has 1 aliphatic carbocycles. The molecule has 80 valence electrons. The van der Waals surface area contributed by atoms with Crippen molar-refractivity contribution in [2.24, 2.45) is 5.73 Å². The minimum Gasteiger partial charge on any atom is -0.324 e. The molecular weight excluding hydrogens is 195 g/mol. The highest BCUT2D eigenvalue weighted by molar-refractivity contribution is 6.00. The normalized spacial score (nSPS) is 17.3. The zero-order valence-corrected chi connectivity index (χ0v) is 8.51. The first-order valence-corrected chi connectivity index (χ1v) is 4.88. The summed E-state index contributed by atoms with van der Waals surface area (Å²) in [6, 6.07) is 4.59. The maximum atomic E-state index is 13.2. The first kappa shape index (κ1) is 10.1. The highest BCUT2D eigenvalue weighted by Crippen LogP contribution is 2.33. The molecular formula is C11H13FN2O. The summed E-state index contributed by atoms with van der Waals surface area (Å²) in [7, 11) is 0. The fourth-order valence-corrected chi connectivity index (χ4v) is 1.35. The molecule has 2 rings (SSSR count). The molecule has 4 heteroatoms. The number of benzene rings is 1. The average molecular weight is 208 g/mol. The van der Waals surface area contributed by atoms with Crippen LogP contribution in [0.4, 0.5) is 10.1 Å². The minimum atomic E-state index is -0.723. The van der Waals surface area contributed by atoms with Gasteiger partial charge in [-0.25, -0.2) is 4.39 Å². The molecule has 0 radical (unpaired) electrons. The van der Waals surface area contributed by atoms with Crippen molar-refractivity contribution in [3.8, 4) is 0 Å². The molecule has 0 bridgehead atoms. The molecule has 3 nitrogen and oxygen atoms in total. The number of rotatable bonds is 2. The number of hydrogen-bond donors (Lipinski definition) is 2. The SMILES string of the molecule is Cc1c(F)cccc1NC(=O)C1(N)CC1. The van der Waals surface area contributed by atoms with Crippen LogP contribution in [-0.2, 0) is 4.79 Å². The van der Waals surface area contributed by atoms with E-state index < -0.39 is 5.54 Å². The number of carbonyl (C=O) groups excluding carboxylic acids is 1. The van der Waals surface area contributed by atoms with Gasteiger partial charge in [0.15, 0.2) is 0 Å². The average Bonchev–Trinajstić information content (AvgIpc) is 2.93. The summed E-state index contributed by atoms with van der Waals surface area (Å²) in [5.74, 6) is -0.550. The fraction of sp³-hybridized carbons (Fsp3) is 0.364. The quantitative estimate of drug-likeness (QED) is 0.775. The number of carbonyl (C=O) groups is 1. The van der Waals surface area contributed by atoms with Crippen LogP contribution in [0.5, 0.6) is 0 Å². The summed E-state index contributed by atoms with van der Waals surface area (Å²) in [6.07, 6.45) is 1.40. The Bertz CT molecular complexity index is 413. The van der Waals surface area contributed by atoms with Gasteiger partial charge in [0.2, 0.25) is 5.91 Å². The Morgan fingerprint density at radius 1 is 1.53 bits per heavy atom. The van der Waals surface area contributed by atoms with E-state index in [4.69, 9.17) is 5.73 Å². The third-order valence-electron chi connectivity index (χ3n) is 2.76. The van der Waals surface area contributed by atoms with Gasteiger partial charge in [0.1, 0.15) is 5.82 Å². The summed E-state index contributed by atoms with van der Waals surface area (Å²) in [5.41, 5.74) is 5.93. The Morgan fingerprint density at radius 3 is 2.80 bits per heavy atom. The van der Waals surface area contributed by atoms with Crippen molar-refractivity contribution < 1.29 is 9.18 Å². The molecule has 0 saturated heterocycles. The third kappa shape index (κ3) is 1.85. The predicted octanol–water partition coefficient (Wildman–Crippen LogP) is 1.56. The lowest BCUT2D eigenvalue weighted by atomic mass is 10.1. The van der Waals surface area contributed by atoms with Gasteiger partial charge >= 0.3 is 0 Å². The van der Waals surface area contributed by atoms with Crippen LogP contribution in [0.1, 0.15) is 18.4 Å². The Hall–Kier alpha value is -1.42. The lowest BCUT2D eigenvalue weighted by molar-refractivity contribution is -0.118. The number of halogens is 1. The summed E-state index contributed by atoms with van der Waals surface area (Å²) in [4.78, 5) is 11.6. The Morgan fingerprint density at radius 2 is 2.20 bits per heavy atom. The highest BCUT2D eigenvalue weighted by Gasteiger charge is 2.46. The van der Waals surface area contributed by atoms with Crippen LogP contribution in [0, 0.1) is 12.7 Å². The van der Waals surface area contributed by atoms with E-state index in [-0.39, 0.29) is 11.7 Å². The van der Waals surface area contributed by atoms with Crippen molar-refractivity contribution in [3.05, 3.63) is 29.6 Å². The van der Waals surface area contributed by atoms with Crippen LogP contribution >= 0.6 is 0 Å². The topological polar surface area (TPSA) is 55.1 Å². The summed E-state index contributed by atoms with van der Waals surface area (Å²) < 4.78 is 13.2. The second-order valence-electron chi connectivity index (χ2n) is 4.02. The van der Waals surface area contributed by atoms with Crippen LogP contribution < -0.4 is 11.1 Å². The largest absolute Gasteiger partial charge is 0.324 e. The standard InChI is InChI=1S/C11H13FN2O/c1-7-8(12)3-2-4-9(7)14-10(15)11(13)5-6-11/h2-4H,5-6,13H2,1H3,(H,14,15). The minimum absolute atomic E-state index is 0.226. The molecule has 1 aromatic rings. The van der Waals surface area contributed by atoms with E-state index in [9.17, 15) is 9.18 Å². The lowest BCUT2D eigenvalue weighted by Crippen LogP contribution is -2.38. The molecule has 1 aromatic carbocycles. The molecule has 0 heterocycles. The van der Waals surface area contributed by atoms with Gasteiger partial charge in [-0.3, -0.25) is 4.79 Å². The number of hydrogen-bond acceptors (Lipinski definition) is 2. The van der Waals surface area contributed by atoms with Crippen LogP contribution in [-0.4, -0.2) is 11.4 Å². The van der Waals surface area contributed by atoms with Crippen LogP contribution in [0.15, 0.2) is 18.2 Å². The maximum Gasteiger partial charge on any atom is 0.244 e. The van der Waals surface area contributed by atoms with E-state index in [1.807, 2.05) is 0 Å². The highest BCUT2D eigenvalue weighted by atomic mass is 19.1. The Kier molecular flexibility index (Phi) is 2.23. The Balaban J connectivity index is 2.17. The summed E-state index contributed by atoms with van der Waals surface area (Å²) in [5, 5.41) is 2.65. The summed E-state index contributed by atoms with van der Waals surface area (Å²) >= 11 is 0. The van der Waals surface area contributed by atoms with Gasteiger partial charge in [0.05, 0.1) is 5.54 Å². The van der Waals surface area contributed by atoms with E-state index in [0.29, 0.717) is 24.1 Å². The van der Waals surface area contributed by atoms with Crippen LogP contribution in [0.25, 0.3) is 0 Å². The zero-order valence-electron chi connectivity index (χ0n) is 8.51. The Labute approximate surface area is 87.5 Å². The van der Waals surface area contributed by atoms with Crippen LogP contribution in [0.3, 0.4) is 0 Å². The molecule has 3 N–H and O–H groups in total. The molecule has 0 spiro atoms. The zero-order chi connectivity index (χ0) is 11.1. The lowest BCUT2D eigenvalue weighted by Gasteiger charge is -2.12. The van der Waals surface area contributed by atoms with Crippen LogP contribution in [0.2, 0.25) is 0 Å². The number of nitrogens with one attached hydrogen (secondary N) is 1. The van der Waals surface area contributed by atoms with Gasteiger partial charge in [0, 0.05) is 11.3 Å². The molecule has 1 aliphatic rings. The molecule has 1 fully saturated rings. The molecule has 15 heavy (non-hydrogen) atoms. The predicted molar refractivity (Wildman–Crippen MR) is 55.9 cm³/mol. The van der Waals surface area contributed by atoms with E-state index in [0.717, 1.165) is 0 Å². The van der Waals surface area contributed by atoms with Crippen molar-refractivity contribution in [2.45, 2.75) is 25.3 Å². The molecule has 0 atom stereocenters. The van der Waals surface area contributed by atoms with Crippen molar-refractivity contribution in [2.75, 3.05) is 5.32 Å². The van der Waals surface area contributed by atoms with E-state index in [1.54, 1.807) is 19.1 Å². The van der Waals surface area contributed by atoms with Crippen molar-refractivity contribution in [1.82, 2.24) is 0 Å². The first-order chi connectivity index (χ1) is 7.03. The van der Waals surface area contributed by atoms with Gasteiger partial charge in [-0.05, 0) is 31.9 Å². The molecule has 0 unspecified atom stereocenters. The second kappa shape index (κ2) is 3.31. The second-order valence-corrected chi connectivity index (χ2v) is 4.02. The van der Waals surface area contributed by atoms with Crippen molar-refractivity contribution >= 4 is 11.6 Å². The number of nitrogens with two attached hydrogens (primary N) is 1. The van der Waals surface area contributed by atoms with Gasteiger partial charge in [0.25, 0.3) is 0 Å². The molecule has 0 aromatic heterocycles. The van der Waals surface area contributed by atoms with E-state index in [2.05, 4.69) is 5.32 Å². The van der Waals surface area contributed by atoms with Gasteiger partial charge in [-0.15, -0.1) is 0 Å². The number of amides is 1. The van der Waals surface area contributed by atoms with Gasteiger partial charge in [-0.2, -0.15) is 0 Å². The molecule has 1 saturated carbocycles. The third-order valence-corrected chi connectivity index (χ3v) is 2.76. The van der Waals surface area contributed by atoms with Gasteiger partial charge < -0.3 is 11.1 Å². The first-order valence-electron chi connectivity index (χ1n) is 4.88. The van der Waals surface area contributed by atoms with Gasteiger partial charge in [-0.1, -0.05) is 6.07 Å². The smallest absolute Gasteiger partial charge is 0.244 e. The fourth-order valence-electron chi connectivity index (χ4n) is 1.35. The van der Waals surface area contributed by atoms with Crippen molar-refractivity contribution in [1.29, 1.82) is 0 Å².